The van der Waals surface area contributed by atoms with Gasteiger partial charge < -0.3 is 9.47 Å². The summed E-state index contributed by atoms with van der Waals surface area (Å²) in [7, 11) is 0. The standard InChI is InChI=1S/C21H25ClN2O3S/c22-17-5-3-16(4-6-17)19(23-7-11-26-12-8-23)20(24-9-13-27-14-10-24)21(25)18-2-1-15-28-18/h1-6,15,19-20H,7-14H2/t19-,20+/m1/s1. The molecule has 2 aliphatic rings. The van der Waals surface area contributed by atoms with Crippen molar-refractivity contribution in [3.05, 3.63) is 57.2 Å². The van der Waals surface area contributed by atoms with Gasteiger partial charge in [0.15, 0.2) is 5.78 Å². The Morgan fingerprint density at radius 2 is 1.54 bits per heavy atom. The molecule has 2 aliphatic heterocycles. The lowest BCUT2D eigenvalue weighted by Crippen LogP contribution is -2.55. The second kappa shape index (κ2) is 9.48. The van der Waals surface area contributed by atoms with E-state index >= 15 is 0 Å². The number of thiophene rings is 1. The van der Waals surface area contributed by atoms with Gasteiger partial charge in [0.1, 0.15) is 0 Å². The van der Waals surface area contributed by atoms with Crippen LogP contribution in [0.5, 0.6) is 0 Å². The van der Waals surface area contributed by atoms with E-state index in [9.17, 15) is 4.79 Å². The van der Waals surface area contributed by atoms with Crippen LogP contribution in [0.3, 0.4) is 0 Å². The van der Waals surface area contributed by atoms with Crippen LogP contribution in [0.2, 0.25) is 5.02 Å². The zero-order valence-corrected chi connectivity index (χ0v) is 17.3. The summed E-state index contributed by atoms with van der Waals surface area (Å²) in [6, 6.07) is 11.5. The fraction of sp³-hybridized carbons (Fsp3) is 0.476. The predicted octanol–water partition coefficient (Wildman–Crippen LogP) is 3.36. The van der Waals surface area contributed by atoms with Gasteiger partial charge in [0.05, 0.1) is 43.4 Å². The number of carbonyl (C=O) groups excluding carboxylic acids is 1. The van der Waals surface area contributed by atoms with Crippen LogP contribution in [0.1, 0.15) is 21.3 Å². The molecule has 150 valence electrons. The Balaban J connectivity index is 1.74. The van der Waals surface area contributed by atoms with Gasteiger partial charge in [0.2, 0.25) is 0 Å². The molecule has 0 unspecified atom stereocenters. The van der Waals surface area contributed by atoms with Gasteiger partial charge in [-0.15, -0.1) is 11.3 Å². The Morgan fingerprint density at radius 1 is 0.929 bits per heavy atom. The molecule has 5 nitrogen and oxygen atoms in total. The van der Waals surface area contributed by atoms with Crippen molar-refractivity contribution in [3.8, 4) is 0 Å². The van der Waals surface area contributed by atoms with Gasteiger partial charge in [0, 0.05) is 31.2 Å². The first-order valence-corrected chi connectivity index (χ1v) is 11.0. The monoisotopic (exact) mass is 420 g/mol. The maximum absolute atomic E-state index is 13.7. The lowest BCUT2D eigenvalue weighted by atomic mass is 9.91. The number of ether oxygens (including phenoxy) is 2. The van der Waals surface area contributed by atoms with Crippen molar-refractivity contribution in [1.82, 2.24) is 9.80 Å². The van der Waals surface area contributed by atoms with Gasteiger partial charge in [0.25, 0.3) is 0 Å². The Labute approximate surface area is 174 Å². The van der Waals surface area contributed by atoms with Crippen LogP contribution in [0.4, 0.5) is 0 Å². The third kappa shape index (κ3) is 4.48. The zero-order chi connectivity index (χ0) is 19.3. The summed E-state index contributed by atoms with van der Waals surface area (Å²) >= 11 is 7.66. The highest BCUT2D eigenvalue weighted by Crippen LogP contribution is 2.33. The summed E-state index contributed by atoms with van der Waals surface area (Å²) < 4.78 is 11.1. The van der Waals surface area contributed by atoms with Crippen molar-refractivity contribution in [2.75, 3.05) is 52.6 Å². The molecule has 28 heavy (non-hydrogen) atoms. The fourth-order valence-corrected chi connectivity index (χ4v) is 4.86. The highest BCUT2D eigenvalue weighted by atomic mass is 35.5. The molecule has 4 rings (SSSR count). The first-order valence-electron chi connectivity index (χ1n) is 9.71. The molecule has 0 aliphatic carbocycles. The van der Waals surface area contributed by atoms with Gasteiger partial charge in [-0.25, -0.2) is 0 Å². The molecule has 1 aromatic heterocycles. The zero-order valence-electron chi connectivity index (χ0n) is 15.8. The fourth-order valence-electron chi connectivity index (χ4n) is 4.04. The Kier molecular flexibility index (Phi) is 6.77. The lowest BCUT2D eigenvalue weighted by Gasteiger charge is -2.44. The maximum atomic E-state index is 13.7. The number of rotatable bonds is 6. The van der Waals surface area contributed by atoms with E-state index in [4.69, 9.17) is 21.1 Å². The molecule has 2 atom stereocenters. The van der Waals surface area contributed by atoms with Crippen molar-refractivity contribution >= 4 is 28.7 Å². The molecule has 2 aromatic rings. The molecular formula is C21H25ClN2O3S. The summed E-state index contributed by atoms with van der Waals surface area (Å²) in [5.41, 5.74) is 1.12. The average molecular weight is 421 g/mol. The number of halogens is 1. The summed E-state index contributed by atoms with van der Waals surface area (Å²) in [6.07, 6.45) is 0. The minimum atomic E-state index is -0.262. The maximum Gasteiger partial charge on any atom is 0.191 e. The van der Waals surface area contributed by atoms with Crippen molar-refractivity contribution in [1.29, 1.82) is 0 Å². The van der Waals surface area contributed by atoms with E-state index in [1.54, 1.807) is 0 Å². The molecule has 7 heteroatoms. The number of Topliss-reactive ketones (excluding diaryl/α,β-unsaturated/α-hetero) is 1. The third-order valence-corrected chi connectivity index (χ3v) is 6.56. The Bertz CT molecular complexity index is 756. The van der Waals surface area contributed by atoms with E-state index in [-0.39, 0.29) is 17.9 Å². The molecule has 3 heterocycles. The molecule has 0 bridgehead atoms. The van der Waals surface area contributed by atoms with Gasteiger partial charge in [-0.3, -0.25) is 14.6 Å². The van der Waals surface area contributed by atoms with Crippen LogP contribution in [0, 0.1) is 0 Å². The van der Waals surface area contributed by atoms with Crippen molar-refractivity contribution in [2.45, 2.75) is 12.1 Å². The molecule has 0 spiro atoms. The molecule has 1 aromatic carbocycles. The quantitative estimate of drug-likeness (QED) is 0.670. The van der Waals surface area contributed by atoms with Crippen LogP contribution in [0.15, 0.2) is 41.8 Å². The highest BCUT2D eigenvalue weighted by molar-refractivity contribution is 7.12. The first kappa shape index (κ1) is 20.0. The smallest absolute Gasteiger partial charge is 0.191 e. The van der Waals surface area contributed by atoms with E-state index in [1.165, 1.54) is 11.3 Å². The molecular weight excluding hydrogens is 396 g/mol. The molecule has 0 radical (unpaired) electrons. The molecule has 2 saturated heterocycles. The molecule has 2 fully saturated rings. The number of hydrogen-bond acceptors (Lipinski definition) is 6. The molecule has 0 saturated carbocycles. The van der Waals surface area contributed by atoms with Gasteiger partial charge in [-0.05, 0) is 29.1 Å². The van der Waals surface area contributed by atoms with Crippen molar-refractivity contribution in [2.24, 2.45) is 0 Å². The third-order valence-electron chi connectivity index (χ3n) is 5.42. The van der Waals surface area contributed by atoms with Crippen LogP contribution in [-0.4, -0.2) is 74.2 Å². The number of carbonyl (C=O) groups is 1. The largest absolute Gasteiger partial charge is 0.379 e. The topological polar surface area (TPSA) is 42.0 Å². The number of nitrogens with zero attached hydrogens (tertiary/aromatic N) is 2. The van der Waals surface area contributed by atoms with Gasteiger partial charge in [-0.2, -0.15) is 0 Å². The summed E-state index contributed by atoms with van der Waals surface area (Å²) in [4.78, 5) is 19.2. The van der Waals surface area contributed by atoms with E-state index < -0.39 is 0 Å². The lowest BCUT2D eigenvalue weighted by molar-refractivity contribution is -0.0300. The second-order valence-corrected chi connectivity index (χ2v) is 8.46. The summed E-state index contributed by atoms with van der Waals surface area (Å²) in [5, 5.41) is 2.67. The second-order valence-electron chi connectivity index (χ2n) is 7.08. The average Bonchev–Trinajstić information content (AvgIpc) is 3.29. The normalized spacial score (nSPS) is 21.3. The van der Waals surface area contributed by atoms with E-state index in [0.29, 0.717) is 31.5 Å². The SMILES string of the molecule is O=C(c1cccs1)[C@H]([C@@H](c1ccc(Cl)cc1)N1CCOCC1)N1CCOCC1. The molecule has 0 amide bonds. The van der Waals surface area contributed by atoms with Gasteiger partial charge in [-0.1, -0.05) is 29.8 Å². The summed E-state index contributed by atoms with van der Waals surface area (Å²) in [5.74, 6) is 0.184. The predicted molar refractivity (Wildman–Crippen MR) is 111 cm³/mol. The van der Waals surface area contributed by atoms with Crippen molar-refractivity contribution in [3.63, 3.8) is 0 Å². The van der Waals surface area contributed by atoms with E-state index in [2.05, 4.69) is 21.9 Å². The van der Waals surface area contributed by atoms with Crippen molar-refractivity contribution < 1.29 is 14.3 Å². The van der Waals surface area contributed by atoms with Gasteiger partial charge >= 0.3 is 0 Å². The van der Waals surface area contributed by atoms with Crippen LogP contribution in [0.25, 0.3) is 0 Å². The van der Waals surface area contributed by atoms with E-state index in [1.807, 2.05) is 29.6 Å². The van der Waals surface area contributed by atoms with E-state index in [0.717, 1.165) is 36.6 Å². The minimum absolute atomic E-state index is 0.0473. The minimum Gasteiger partial charge on any atom is -0.379 e. The summed E-state index contributed by atoms with van der Waals surface area (Å²) in [6.45, 7) is 5.83. The Hall–Kier alpha value is -1.28. The number of benzene rings is 1. The number of hydrogen-bond donors (Lipinski definition) is 0. The highest BCUT2D eigenvalue weighted by Gasteiger charge is 2.40. The molecule has 0 N–H and O–H groups in total. The van der Waals surface area contributed by atoms with Crippen LogP contribution in [-0.2, 0) is 9.47 Å². The number of morpholine rings is 2. The number of ketones is 1. The van der Waals surface area contributed by atoms with Crippen LogP contribution >= 0.6 is 22.9 Å². The first-order chi connectivity index (χ1) is 13.7. The Morgan fingerprint density at radius 3 is 2.11 bits per heavy atom. The van der Waals surface area contributed by atoms with Crippen LogP contribution < -0.4 is 0 Å².